The Hall–Kier alpha value is -1.81. The highest BCUT2D eigenvalue weighted by Crippen LogP contribution is 2.16. The first kappa shape index (κ1) is 11.7. The van der Waals surface area contributed by atoms with Gasteiger partial charge in [0.2, 0.25) is 0 Å². The zero-order valence-corrected chi connectivity index (χ0v) is 9.85. The summed E-state index contributed by atoms with van der Waals surface area (Å²) < 4.78 is 4.99. The molecule has 0 saturated carbocycles. The maximum atomic E-state index is 11.6. The van der Waals surface area contributed by atoms with Gasteiger partial charge in [-0.15, -0.1) is 0 Å². The summed E-state index contributed by atoms with van der Waals surface area (Å²) in [7, 11) is 0. The number of anilines is 1. The van der Waals surface area contributed by atoms with Gasteiger partial charge in [-0.05, 0) is 19.1 Å². The first-order valence-electron chi connectivity index (χ1n) is 5.71. The van der Waals surface area contributed by atoms with E-state index in [1.807, 2.05) is 48.4 Å². The van der Waals surface area contributed by atoms with E-state index in [0.717, 1.165) is 5.69 Å². The molecule has 90 valence electrons. The molecule has 0 amide bonds. The molecule has 4 nitrogen and oxygen atoms in total. The van der Waals surface area contributed by atoms with Gasteiger partial charge in [-0.1, -0.05) is 18.2 Å². The number of nitrogens with zero attached hydrogens (tertiary/aromatic N) is 1. The predicted molar refractivity (Wildman–Crippen MR) is 66.5 cm³/mol. The summed E-state index contributed by atoms with van der Waals surface area (Å²) in [6, 6.07) is 9.93. The molecule has 1 N–H and O–H groups in total. The number of esters is 1. The Balaban J connectivity index is 2.15. The van der Waals surface area contributed by atoms with Gasteiger partial charge in [-0.25, -0.2) is 4.79 Å². The SMILES string of the molecule is CCOC(=O)C1=CN(c2ccccc2)CNC1. The van der Waals surface area contributed by atoms with E-state index in [0.29, 0.717) is 25.4 Å². The van der Waals surface area contributed by atoms with Crippen molar-refractivity contribution < 1.29 is 9.53 Å². The van der Waals surface area contributed by atoms with E-state index in [9.17, 15) is 4.79 Å². The van der Waals surface area contributed by atoms with Gasteiger partial charge in [-0.3, -0.25) is 5.32 Å². The summed E-state index contributed by atoms with van der Waals surface area (Å²) in [6.07, 6.45) is 1.85. The molecule has 0 aliphatic carbocycles. The van der Waals surface area contributed by atoms with Gasteiger partial charge < -0.3 is 9.64 Å². The van der Waals surface area contributed by atoms with Crippen molar-refractivity contribution in [2.75, 3.05) is 24.7 Å². The number of hydrogen-bond acceptors (Lipinski definition) is 4. The van der Waals surface area contributed by atoms with Crippen molar-refractivity contribution in [1.29, 1.82) is 0 Å². The molecule has 0 unspecified atom stereocenters. The lowest BCUT2D eigenvalue weighted by atomic mass is 10.2. The molecule has 0 radical (unpaired) electrons. The predicted octanol–water partition coefficient (Wildman–Crippen LogP) is 1.50. The number of para-hydroxylation sites is 1. The van der Waals surface area contributed by atoms with Crippen LogP contribution in [0.4, 0.5) is 5.69 Å². The standard InChI is InChI=1S/C13H16N2O2/c1-2-17-13(16)11-8-14-10-15(9-11)12-6-4-3-5-7-12/h3-7,9,14H,2,8,10H2,1H3. The fourth-order valence-electron chi connectivity index (χ4n) is 1.72. The van der Waals surface area contributed by atoms with Gasteiger partial charge in [0, 0.05) is 18.4 Å². The molecule has 1 aromatic carbocycles. The third kappa shape index (κ3) is 2.85. The lowest BCUT2D eigenvalue weighted by Gasteiger charge is -2.26. The Bertz CT molecular complexity index is 415. The molecule has 1 aliphatic heterocycles. The van der Waals surface area contributed by atoms with Crippen molar-refractivity contribution in [3.63, 3.8) is 0 Å². The van der Waals surface area contributed by atoms with Crippen LogP contribution in [0.25, 0.3) is 0 Å². The van der Waals surface area contributed by atoms with Crippen molar-refractivity contribution in [3.05, 3.63) is 42.1 Å². The Morgan fingerprint density at radius 3 is 2.88 bits per heavy atom. The molecule has 0 fully saturated rings. The zero-order chi connectivity index (χ0) is 12.1. The zero-order valence-electron chi connectivity index (χ0n) is 9.85. The average Bonchev–Trinajstić information content (AvgIpc) is 2.40. The second kappa shape index (κ2) is 5.50. The van der Waals surface area contributed by atoms with Crippen molar-refractivity contribution in [1.82, 2.24) is 5.32 Å². The van der Waals surface area contributed by atoms with Crippen molar-refractivity contribution in [2.45, 2.75) is 6.92 Å². The molecule has 0 atom stereocenters. The van der Waals surface area contributed by atoms with E-state index in [-0.39, 0.29) is 5.97 Å². The number of benzene rings is 1. The van der Waals surface area contributed by atoms with Crippen LogP contribution in [-0.4, -0.2) is 25.8 Å². The molecule has 0 saturated heterocycles. The first-order valence-corrected chi connectivity index (χ1v) is 5.71. The number of rotatable bonds is 3. The molecule has 17 heavy (non-hydrogen) atoms. The largest absolute Gasteiger partial charge is 0.463 e. The number of carbonyl (C=O) groups excluding carboxylic acids is 1. The Morgan fingerprint density at radius 2 is 2.18 bits per heavy atom. The minimum Gasteiger partial charge on any atom is -0.463 e. The van der Waals surface area contributed by atoms with Crippen LogP contribution in [0, 0.1) is 0 Å². The van der Waals surface area contributed by atoms with Crippen LogP contribution in [0.5, 0.6) is 0 Å². The van der Waals surface area contributed by atoms with E-state index in [4.69, 9.17) is 4.74 Å². The number of hydrogen-bond donors (Lipinski definition) is 1. The van der Waals surface area contributed by atoms with Crippen LogP contribution in [0.2, 0.25) is 0 Å². The average molecular weight is 232 g/mol. The quantitative estimate of drug-likeness (QED) is 0.802. The second-order valence-electron chi connectivity index (χ2n) is 3.77. The minimum atomic E-state index is -0.249. The van der Waals surface area contributed by atoms with Crippen LogP contribution in [0.1, 0.15) is 6.92 Å². The fourth-order valence-corrected chi connectivity index (χ4v) is 1.72. The third-order valence-corrected chi connectivity index (χ3v) is 2.53. The third-order valence-electron chi connectivity index (χ3n) is 2.53. The van der Waals surface area contributed by atoms with Gasteiger partial charge in [0.05, 0.1) is 18.8 Å². The summed E-state index contributed by atoms with van der Waals surface area (Å²) in [6.45, 7) is 3.47. The summed E-state index contributed by atoms with van der Waals surface area (Å²) >= 11 is 0. The van der Waals surface area contributed by atoms with Gasteiger partial charge >= 0.3 is 5.97 Å². The summed E-state index contributed by atoms with van der Waals surface area (Å²) in [5.41, 5.74) is 1.71. The molecule has 1 aliphatic rings. The number of nitrogens with one attached hydrogen (secondary N) is 1. The van der Waals surface area contributed by atoms with Crippen molar-refractivity contribution in [2.24, 2.45) is 0 Å². The molecular weight excluding hydrogens is 216 g/mol. The highest BCUT2D eigenvalue weighted by Gasteiger charge is 2.17. The summed E-state index contributed by atoms with van der Waals surface area (Å²) in [5.74, 6) is -0.249. The van der Waals surface area contributed by atoms with Gasteiger partial charge in [-0.2, -0.15) is 0 Å². The van der Waals surface area contributed by atoms with Crippen LogP contribution in [0.3, 0.4) is 0 Å². The van der Waals surface area contributed by atoms with Gasteiger partial charge in [0.25, 0.3) is 0 Å². The lowest BCUT2D eigenvalue weighted by molar-refractivity contribution is -0.138. The maximum Gasteiger partial charge on any atom is 0.336 e. The smallest absolute Gasteiger partial charge is 0.336 e. The van der Waals surface area contributed by atoms with Crippen LogP contribution >= 0.6 is 0 Å². The Kier molecular flexibility index (Phi) is 3.77. The molecule has 0 bridgehead atoms. The number of ether oxygens (including phenoxy) is 1. The lowest BCUT2D eigenvalue weighted by Crippen LogP contribution is -2.38. The van der Waals surface area contributed by atoms with Gasteiger partial charge in [0.1, 0.15) is 0 Å². The summed E-state index contributed by atoms with van der Waals surface area (Å²) in [4.78, 5) is 13.6. The topological polar surface area (TPSA) is 41.6 Å². The van der Waals surface area contributed by atoms with Crippen LogP contribution < -0.4 is 10.2 Å². The van der Waals surface area contributed by atoms with E-state index in [1.54, 1.807) is 0 Å². The van der Waals surface area contributed by atoms with Crippen molar-refractivity contribution in [3.8, 4) is 0 Å². The van der Waals surface area contributed by atoms with Crippen LogP contribution in [0.15, 0.2) is 42.1 Å². The molecular formula is C13H16N2O2. The minimum absolute atomic E-state index is 0.249. The number of carbonyl (C=O) groups is 1. The highest BCUT2D eigenvalue weighted by molar-refractivity contribution is 5.89. The van der Waals surface area contributed by atoms with Gasteiger partial charge in [0.15, 0.2) is 0 Å². The molecule has 4 heteroatoms. The van der Waals surface area contributed by atoms with E-state index < -0.39 is 0 Å². The maximum absolute atomic E-state index is 11.6. The fraction of sp³-hybridized carbons (Fsp3) is 0.308. The molecule has 1 heterocycles. The Labute approximate surface area is 101 Å². The molecule has 2 rings (SSSR count). The van der Waals surface area contributed by atoms with Crippen LogP contribution in [-0.2, 0) is 9.53 Å². The molecule has 1 aromatic rings. The first-order chi connectivity index (χ1) is 8.31. The normalized spacial score (nSPS) is 15.4. The van der Waals surface area contributed by atoms with E-state index in [2.05, 4.69) is 5.32 Å². The Morgan fingerprint density at radius 1 is 1.41 bits per heavy atom. The van der Waals surface area contributed by atoms with E-state index >= 15 is 0 Å². The van der Waals surface area contributed by atoms with Crippen molar-refractivity contribution >= 4 is 11.7 Å². The monoisotopic (exact) mass is 232 g/mol. The highest BCUT2D eigenvalue weighted by atomic mass is 16.5. The molecule has 0 aromatic heterocycles. The van der Waals surface area contributed by atoms with E-state index in [1.165, 1.54) is 0 Å². The summed E-state index contributed by atoms with van der Waals surface area (Å²) in [5, 5.41) is 3.18. The molecule has 0 spiro atoms. The second-order valence-corrected chi connectivity index (χ2v) is 3.77.